The molecule has 32 heavy (non-hydrogen) atoms. The van der Waals surface area contributed by atoms with Crippen LogP contribution >= 0.6 is 0 Å². The summed E-state index contributed by atoms with van der Waals surface area (Å²) in [5.41, 5.74) is 7.68. The third-order valence-electron chi connectivity index (χ3n) is 5.53. The normalized spacial score (nSPS) is 13.3. The Bertz CT molecular complexity index is 1420. The summed E-state index contributed by atoms with van der Waals surface area (Å²) in [6, 6.07) is 6.91. The molecule has 1 aliphatic rings. The van der Waals surface area contributed by atoms with Crippen LogP contribution in [0, 0.1) is 12.7 Å². The number of nitrogens with zero attached hydrogens (tertiary/aromatic N) is 8. The van der Waals surface area contributed by atoms with Crippen molar-refractivity contribution in [1.29, 1.82) is 0 Å². The first-order valence-corrected chi connectivity index (χ1v) is 9.98. The van der Waals surface area contributed by atoms with Gasteiger partial charge < -0.3 is 4.74 Å². The molecule has 1 N–H and O–H groups in total. The van der Waals surface area contributed by atoms with Crippen LogP contribution in [0.2, 0.25) is 0 Å². The molecular formula is C21H20FN9O. The molecule has 1 aromatic carbocycles. The van der Waals surface area contributed by atoms with Crippen LogP contribution in [0.5, 0.6) is 5.75 Å². The molecule has 0 aliphatic carbocycles. The third-order valence-corrected chi connectivity index (χ3v) is 5.53. The first-order valence-electron chi connectivity index (χ1n) is 9.98. The van der Waals surface area contributed by atoms with Gasteiger partial charge in [-0.1, -0.05) is 0 Å². The summed E-state index contributed by atoms with van der Waals surface area (Å²) in [4.78, 5) is 9.08. The predicted molar refractivity (Wildman–Crippen MR) is 116 cm³/mol. The average molecular weight is 433 g/mol. The van der Waals surface area contributed by atoms with E-state index in [1.54, 1.807) is 28.4 Å². The number of benzene rings is 1. The molecule has 0 radical (unpaired) electrons. The van der Waals surface area contributed by atoms with Crippen molar-refractivity contribution in [1.82, 2.24) is 29.6 Å². The maximum absolute atomic E-state index is 14.5. The Morgan fingerprint density at radius 3 is 2.97 bits per heavy atom. The second-order valence-corrected chi connectivity index (χ2v) is 7.37. The van der Waals surface area contributed by atoms with Gasteiger partial charge in [0.25, 0.3) is 0 Å². The number of nitrogens with one attached hydrogen (secondary N) is 1. The fraction of sp³-hybridized carbons (Fsp3) is 0.238. The number of tetrazole rings is 1. The molecule has 3 aromatic heterocycles. The zero-order valence-corrected chi connectivity index (χ0v) is 17.6. The van der Waals surface area contributed by atoms with Gasteiger partial charge in [0.1, 0.15) is 17.4 Å². The van der Waals surface area contributed by atoms with Gasteiger partial charge in [-0.05, 0) is 41.6 Å². The number of rotatable bonds is 5. The van der Waals surface area contributed by atoms with Crippen LogP contribution in [0.3, 0.4) is 0 Å². The van der Waals surface area contributed by atoms with E-state index in [2.05, 4.69) is 42.7 Å². The Kier molecular flexibility index (Phi) is 4.85. The molecule has 10 nitrogen and oxygen atoms in total. The van der Waals surface area contributed by atoms with E-state index in [4.69, 9.17) is 4.74 Å². The SMILES string of the molecule is C=NNc1c(-c2ccc(C)n3nnnc23)cnc(=NCc2c(F)ccc3c2CCO3)n1C. The van der Waals surface area contributed by atoms with Gasteiger partial charge in [-0.2, -0.15) is 9.62 Å². The summed E-state index contributed by atoms with van der Waals surface area (Å²) < 4.78 is 23.4. The Hall–Kier alpha value is -4.15. The molecule has 0 unspecified atom stereocenters. The Morgan fingerprint density at radius 2 is 2.12 bits per heavy atom. The first-order chi connectivity index (χ1) is 15.6. The van der Waals surface area contributed by atoms with E-state index in [9.17, 15) is 4.39 Å². The number of hydrazone groups is 1. The zero-order chi connectivity index (χ0) is 22.2. The lowest BCUT2D eigenvalue weighted by Gasteiger charge is -2.14. The number of aryl methyl sites for hydroxylation is 1. The molecule has 1 aliphatic heterocycles. The van der Waals surface area contributed by atoms with Gasteiger partial charge in [0.2, 0.25) is 5.62 Å². The predicted octanol–water partition coefficient (Wildman–Crippen LogP) is 2.04. The number of aromatic nitrogens is 6. The monoisotopic (exact) mass is 433 g/mol. The molecule has 0 spiro atoms. The number of ether oxygens (including phenoxy) is 1. The summed E-state index contributed by atoms with van der Waals surface area (Å²) in [7, 11) is 1.80. The minimum absolute atomic E-state index is 0.141. The van der Waals surface area contributed by atoms with Crippen molar-refractivity contribution < 1.29 is 9.13 Å². The lowest BCUT2D eigenvalue weighted by atomic mass is 10.0. The van der Waals surface area contributed by atoms with Crippen molar-refractivity contribution in [3.05, 3.63) is 58.7 Å². The largest absolute Gasteiger partial charge is 0.493 e. The molecule has 4 heterocycles. The smallest absolute Gasteiger partial charge is 0.226 e. The van der Waals surface area contributed by atoms with E-state index in [0.717, 1.165) is 22.4 Å². The Labute approximate surface area is 182 Å². The number of halogens is 1. The Balaban J connectivity index is 1.61. The van der Waals surface area contributed by atoms with Crippen LogP contribution in [-0.4, -0.2) is 42.9 Å². The molecule has 11 heteroatoms. The van der Waals surface area contributed by atoms with Gasteiger partial charge in [-0.3, -0.25) is 9.99 Å². The molecule has 0 fully saturated rings. The van der Waals surface area contributed by atoms with Gasteiger partial charge in [-0.15, -0.1) is 5.10 Å². The van der Waals surface area contributed by atoms with Gasteiger partial charge in [-0.25, -0.2) is 14.4 Å². The van der Waals surface area contributed by atoms with Gasteiger partial charge in [0.15, 0.2) is 5.65 Å². The lowest BCUT2D eigenvalue weighted by molar-refractivity contribution is 0.356. The first kappa shape index (κ1) is 19.8. The third kappa shape index (κ3) is 3.18. The summed E-state index contributed by atoms with van der Waals surface area (Å²) in [5.74, 6) is 1.02. The lowest BCUT2D eigenvalue weighted by Crippen LogP contribution is -2.25. The van der Waals surface area contributed by atoms with E-state index in [1.165, 1.54) is 6.07 Å². The minimum Gasteiger partial charge on any atom is -0.493 e. The van der Waals surface area contributed by atoms with Crippen molar-refractivity contribution in [3.8, 4) is 16.9 Å². The highest BCUT2D eigenvalue weighted by molar-refractivity contribution is 5.83. The molecule has 0 bridgehead atoms. The van der Waals surface area contributed by atoms with Crippen LogP contribution in [0.1, 0.15) is 16.8 Å². The van der Waals surface area contributed by atoms with Crippen molar-refractivity contribution in [2.45, 2.75) is 19.9 Å². The van der Waals surface area contributed by atoms with E-state index < -0.39 is 0 Å². The highest BCUT2D eigenvalue weighted by Crippen LogP contribution is 2.31. The van der Waals surface area contributed by atoms with Crippen LogP contribution in [0.4, 0.5) is 10.2 Å². The molecular weight excluding hydrogens is 413 g/mol. The number of pyridine rings is 1. The molecule has 0 atom stereocenters. The number of anilines is 1. The summed E-state index contributed by atoms with van der Waals surface area (Å²) in [5, 5.41) is 15.8. The second kappa shape index (κ2) is 7.84. The van der Waals surface area contributed by atoms with Crippen LogP contribution in [0.15, 0.2) is 40.6 Å². The zero-order valence-electron chi connectivity index (χ0n) is 17.6. The van der Waals surface area contributed by atoms with Crippen LogP contribution < -0.4 is 15.8 Å². The highest BCUT2D eigenvalue weighted by atomic mass is 19.1. The molecule has 4 aromatic rings. The maximum atomic E-state index is 14.5. The molecule has 0 amide bonds. The van der Waals surface area contributed by atoms with Crippen molar-refractivity contribution in [2.24, 2.45) is 17.1 Å². The maximum Gasteiger partial charge on any atom is 0.226 e. The van der Waals surface area contributed by atoms with Gasteiger partial charge in [0, 0.05) is 54.3 Å². The van der Waals surface area contributed by atoms with E-state index in [-0.39, 0.29) is 12.4 Å². The van der Waals surface area contributed by atoms with Crippen molar-refractivity contribution in [2.75, 3.05) is 12.0 Å². The fourth-order valence-electron chi connectivity index (χ4n) is 3.89. The molecule has 5 rings (SSSR count). The second-order valence-electron chi connectivity index (χ2n) is 7.37. The molecule has 0 saturated carbocycles. The summed E-state index contributed by atoms with van der Waals surface area (Å²) in [6.07, 6.45) is 2.33. The fourth-order valence-corrected chi connectivity index (χ4v) is 3.89. The number of hydrogen-bond donors (Lipinski definition) is 1. The summed E-state index contributed by atoms with van der Waals surface area (Å²) in [6.45, 7) is 6.15. The Morgan fingerprint density at radius 1 is 1.25 bits per heavy atom. The van der Waals surface area contributed by atoms with E-state index >= 15 is 0 Å². The van der Waals surface area contributed by atoms with Crippen molar-refractivity contribution >= 4 is 18.2 Å². The summed E-state index contributed by atoms with van der Waals surface area (Å²) >= 11 is 0. The standard InChI is InChI=1S/C21H20FN9O/c1-12-4-5-14(20-27-28-29-31(12)20)16-11-25-21(30(3)19(16)26-23-2)24-10-15-13-8-9-32-18(13)7-6-17(15)22/h4-7,11,26H,2,8-10H2,1,3H3. The van der Waals surface area contributed by atoms with Gasteiger partial charge in [0.05, 0.1) is 13.2 Å². The van der Waals surface area contributed by atoms with E-state index in [0.29, 0.717) is 41.4 Å². The average Bonchev–Trinajstić information content (AvgIpc) is 3.46. The highest BCUT2D eigenvalue weighted by Gasteiger charge is 2.20. The van der Waals surface area contributed by atoms with Crippen molar-refractivity contribution in [3.63, 3.8) is 0 Å². The van der Waals surface area contributed by atoms with Gasteiger partial charge >= 0.3 is 0 Å². The molecule has 162 valence electrons. The quantitative estimate of drug-likeness (QED) is 0.381. The minimum atomic E-state index is -0.301. The van der Waals surface area contributed by atoms with Crippen LogP contribution in [-0.2, 0) is 20.0 Å². The van der Waals surface area contributed by atoms with Crippen LogP contribution in [0.25, 0.3) is 16.8 Å². The molecule has 0 saturated heterocycles. The topological polar surface area (TPSA) is 107 Å². The number of fused-ring (bicyclic) bond motifs is 2. The number of hydrogen-bond acceptors (Lipinski definition) is 8. The van der Waals surface area contributed by atoms with E-state index in [1.807, 2.05) is 19.1 Å².